The molecule has 0 heterocycles. The van der Waals surface area contributed by atoms with Crippen LogP contribution in [0.25, 0.3) is 0 Å². The maximum Gasteiger partial charge on any atom is 1.00 e. The van der Waals surface area contributed by atoms with Crippen molar-refractivity contribution in [2.75, 3.05) is 5.75 Å². The molecule has 0 unspecified atom stereocenters. The molecule has 0 aromatic rings. The van der Waals surface area contributed by atoms with E-state index in [1.165, 1.54) is 6.08 Å². The normalized spacial score (nSPS) is 10.9. The average molecular weight is 216 g/mol. The first-order chi connectivity index (χ1) is 5.45. The summed E-state index contributed by atoms with van der Waals surface area (Å²) in [6.45, 7) is 1.64. The van der Waals surface area contributed by atoms with Crippen LogP contribution in [0.4, 0.5) is 0 Å². The van der Waals surface area contributed by atoms with E-state index in [0.29, 0.717) is 0 Å². The van der Waals surface area contributed by atoms with Gasteiger partial charge in [-0.2, -0.15) is 0 Å². The van der Waals surface area contributed by atoms with Gasteiger partial charge in [0.15, 0.2) is 0 Å². The molecule has 0 amide bonds. The molecule has 0 saturated carbocycles. The van der Waals surface area contributed by atoms with Gasteiger partial charge in [-0.15, -0.1) is 0 Å². The van der Waals surface area contributed by atoms with Crippen LogP contribution < -0.4 is 29.6 Å². The van der Waals surface area contributed by atoms with Gasteiger partial charge in [0.25, 0.3) is 0 Å². The topological polar surface area (TPSA) is 83.5 Å². The van der Waals surface area contributed by atoms with Crippen molar-refractivity contribution in [2.45, 2.75) is 13.3 Å². The molecule has 0 aliphatic rings. The molecular formula is C6H9NaO5S. The van der Waals surface area contributed by atoms with E-state index in [1.807, 2.05) is 0 Å². The van der Waals surface area contributed by atoms with Crippen molar-refractivity contribution in [3.05, 3.63) is 12.3 Å². The summed E-state index contributed by atoms with van der Waals surface area (Å²) < 4.78 is 34.4. The summed E-state index contributed by atoms with van der Waals surface area (Å²) >= 11 is 0. The van der Waals surface area contributed by atoms with Gasteiger partial charge in [0, 0.05) is 5.75 Å². The van der Waals surface area contributed by atoms with Gasteiger partial charge in [0.2, 0.25) is 0 Å². The number of hydrogen-bond acceptors (Lipinski definition) is 5. The number of hydrogen-bond donors (Lipinski definition) is 0. The van der Waals surface area contributed by atoms with Crippen molar-refractivity contribution < 1.29 is 52.1 Å². The second kappa shape index (κ2) is 7.52. The molecule has 0 bridgehead atoms. The van der Waals surface area contributed by atoms with Crippen LogP contribution in [0.3, 0.4) is 0 Å². The molecule has 0 rings (SSSR count). The van der Waals surface area contributed by atoms with Crippen molar-refractivity contribution >= 4 is 16.1 Å². The molecule has 7 heteroatoms. The zero-order valence-electron chi connectivity index (χ0n) is 7.52. The molecule has 0 radical (unpaired) electrons. The van der Waals surface area contributed by atoms with Crippen LogP contribution >= 0.6 is 0 Å². The Morgan fingerprint density at radius 3 is 2.46 bits per heavy atom. The van der Waals surface area contributed by atoms with Crippen LogP contribution in [-0.2, 0) is 19.6 Å². The van der Waals surface area contributed by atoms with Gasteiger partial charge < -0.3 is 9.29 Å². The minimum absolute atomic E-state index is 0. The third kappa shape index (κ3) is 12.1. The summed E-state index contributed by atoms with van der Waals surface area (Å²) in [6.07, 6.45) is 2.19. The first-order valence-electron chi connectivity index (χ1n) is 3.20. The van der Waals surface area contributed by atoms with Crippen LogP contribution in [0.5, 0.6) is 0 Å². The maximum atomic E-state index is 10.6. The Balaban J connectivity index is 0. The summed E-state index contributed by atoms with van der Waals surface area (Å²) in [5.74, 6) is -1.45. The third-order valence-electron chi connectivity index (χ3n) is 0.892. The van der Waals surface area contributed by atoms with E-state index in [2.05, 4.69) is 4.74 Å². The Bertz CT molecular complexity index is 269. The Kier molecular flexibility index (Phi) is 9.01. The fraction of sp³-hybridized carbons (Fsp3) is 0.500. The minimum Gasteiger partial charge on any atom is -0.748 e. The standard InChI is InChI=1S/C6H10O5S.Na/c1-2-4-11-6(7)3-5-12(8,9)10;/h2,4H,3,5H2,1H3,(H,8,9,10);/q;+1/p-1/b4-2+;. The first-order valence-corrected chi connectivity index (χ1v) is 4.77. The van der Waals surface area contributed by atoms with Crippen LogP contribution in [0, 0.1) is 0 Å². The quantitative estimate of drug-likeness (QED) is 0.216. The predicted octanol–water partition coefficient (Wildman–Crippen LogP) is -3.00. The molecule has 13 heavy (non-hydrogen) atoms. The second-order valence-corrected chi connectivity index (χ2v) is 3.49. The van der Waals surface area contributed by atoms with E-state index in [9.17, 15) is 17.8 Å². The predicted molar refractivity (Wildman–Crippen MR) is 40.1 cm³/mol. The van der Waals surface area contributed by atoms with Gasteiger partial charge in [-0.3, -0.25) is 4.79 Å². The number of carbonyl (C=O) groups is 1. The second-order valence-electron chi connectivity index (χ2n) is 1.97. The Labute approximate surface area is 99.2 Å². The van der Waals surface area contributed by atoms with Gasteiger partial charge in [-0.05, 0) is 6.92 Å². The largest absolute Gasteiger partial charge is 1.00 e. The van der Waals surface area contributed by atoms with Crippen LogP contribution in [0.2, 0.25) is 0 Å². The van der Waals surface area contributed by atoms with Crippen molar-refractivity contribution in [1.82, 2.24) is 0 Å². The molecular weight excluding hydrogens is 207 g/mol. The fourth-order valence-electron chi connectivity index (χ4n) is 0.411. The van der Waals surface area contributed by atoms with Crippen LogP contribution in [-0.4, -0.2) is 24.7 Å². The molecule has 0 spiro atoms. The zero-order valence-corrected chi connectivity index (χ0v) is 10.3. The maximum absolute atomic E-state index is 10.6. The van der Waals surface area contributed by atoms with Crippen molar-refractivity contribution in [3.8, 4) is 0 Å². The van der Waals surface area contributed by atoms with Gasteiger partial charge in [-0.25, -0.2) is 8.42 Å². The fourth-order valence-corrected chi connectivity index (χ4v) is 0.828. The van der Waals surface area contributed by atoms with E-state index >= 15 is 0 Å². The monoisotopic (exact) mass is 216 g/mol. The van der Waals surface area contributed by atoms with Gasteiger partial charge >= 0.3 is 35.5 Å². The number of carbonyl (C=O) groups excluding carboxylic acids is 1. The zero-order chi connectivity index (χ0) is 9.61. The molecule has 0 aliphatic heterocycles. The van der Waals surface area contributed by atoms with Crippen molar-refractivity contribution in [1.29, 1.82) is 0 Å². The minimum atomic E-state index is -4.32. The number of allylic oxidation sites excluding steroid dienone is 1. The summed E-state index contributed by atoms with van der Waals surface area (Å²) in [5.41, 5.74) is 0. The van der Waals surface area contributed by atoms with E-state index in [1.54, 1.807) is 6.92 Å². The molecule has 70 valence electrons. The molecule has 0 aromatic heterocycles. The van der Waals surface area contributed by atoms with E-state index in [-0.39, 0.29) is 29.6 Å². The van der Waals surface area contributed by atoms with E-state index in [4.69, 9.17) is 0 Å². The molecule has 0 saturated heterocycles. The summed E-state index contributed by atoms with van der Waals surface area (Å²) in [5, 5.41) is 0. The SMILES string of the molecule is C/C=C/OC(=O)CCS(=O)(=O)[O-].[Na+]. The number of esters is 1. The molecule has 0 atom stereocenters. The summed E-state index contributed by atoms with van der Waals surface area (Å²) in [7, 11) is -4.32. The Hall–Kier alpha value is 0.120. The molecule has 0 N–H and O–H groups in total. The Morgan fingerprint density at radius 1 is 1.54 bits per heavy atom. The summed E-state index contributed by atoms with van der Waals surface area (Å²) in [4.78, 5) is 10.6. The van der Waals surface area contributed by atoms with Crippen molar-refractivity contribution in [3.63, 3.8) is 0 Å². The summed E-state index contributed by atoms with van der Waals surface area (Å²) in [6, 6.07) is 0. The smallest absolute Gasteiger partial charge is 0.748 e. The number of rotatable bonds is 4. The van der Waals surface area contributed by atoms with Gasteiger partial charge in [0.05, 0.1) is 22.8 Å². The molecule has 0 aliphatic carbocycles. The third-order valence-corrected chi connectivity index (χ3v) is 1.60. The van der Waals surface area contributed by atoms with Crippen molar-refractivity contribution in [2.24, 2.45) is 0 Å². The number of ether oxygens (including phenoxy) is 1. The van der Waals surface area contributed by atoms with Crippen LogP contribution in [0.15, 0.2) is 12.3 Å². The molecule has 0 fully saturated rings. The first kappa shape index (κ1) is 15.6. The van der Waals surface area contributed by atoms with E-state index < -0.39 is 28.3 Å². The van der Waals surface area contributed by atoms with E-state index in [0.717, 1.165) is 6.26 Å². The molecule has 5 nitrogen and oxygen atoms in total. The van der Waals surface area contributed by atoms with Gasteiger partial charge in [-0.1, -0.05) is 6.08 Å². The van der Waals surface area contributed by atoms with Gasteiger partial charge in [0.1, 0.15) is 0 Å². The Morgan fingerprint density at radius 2 is 2.08 bits per heavy atom. The molecule has 0 aromatic carbocycles. The van der Waals surface area contributed by atoms with Crippen LogP contribution in [0.1, 0.15) is 13.3 Å². The average Bonchev–Trinajstić information content (AvgIpc) is 1.95.